The summed E-state index contributed by atoms with van der Waals surface area (Å²) in [6, 6.07) is 18.3. The summed E-state index contributed by atoms with van der Waals surface area (Å²) in [7, 11) is -3.94. The molecule has 0 aliphatic heterocycles. The van der Waals surface area contributed by atoms with Crippen LogP contribution in [0.3, 0.4) is 0 Å². The lowest BCUT2D eigenvalue weighted by molar-refractivity contribution is 0.0952. The molecule has 0 radical (unpaired) electrons. The number of phenols is 1. The number of halogens is 1. The van der Waals surface area contributed by atoms with Gasteiger partial charge in [0, 0.05) is 4.47 Å². The Hall–Kier alpha value is -3.17. The molecule has 3 rings (SSSR count). The number of amides is 1. The van der Waals surface area contributed by atoms with Gasteiger partial charge >= 0.3 is 10.1 Å². The molecule has 0 fully saturated rings. The number of carbonyl (C=O) groups is 1. The molecule has 0 aliphatic rings. The van der Waals surface area contributed by atoms with Gasteiger partial charge in [-0.2, -0.15) is 13.5 Å². The lowest BCUT2D eigenvalue weighted by atomic mass is 10.2. The molecule has 0 atom stereocenters. The van der Waals surface area contributed by atoms with Crippen LogP contribution >= 0.6 is 15.9 Å². The zero-order valence-electron chi connectivity index (χ0n) is 14.8. The molecule has 0 heterocycles. The Morgan fingerprint density at radius 2 is 1.66 bits per heavy atom. The van der Waals surface area contributed by atoms with Crippen LogP contribution in [0.15, 0.2) is 87.3 Å². The lowest BCUT2D eigenvalue weighted by Crippen LogP contribution is -2.17. The van der Waals surface area contributed by atoms with E-state index >= 15 is 0 Å². The number of phenolic OH excluding ortho intramolecular Hbond substituents is 1. The van der Waals surface area contributed by atoms with Gasteiger partial charge in [-0.15, -0.1) is 0 Å². The normalized spacial score (nSPS) is 11.3. The molecule has 0 saturated heterocycles. The molecular weight excluding hydrogens is 460 g/mol. The minimum atomic E-state index is -3.94. The van der Waals surface area contributed by atoms with Gasteiger partial charge in [-0.3, -0.25) is 4.79 Å². The van der Waals surface area contributed by atoms with Crippen molar-refractivity contribution in [3.8, 4) is 11.5 Å². The Morgan fingerprint density at radius 3 is 2.31 bits per heavy atom. The minimum absolute atomic E-state index is 0.0400. The van der Waals surface area contributed by atoms with Crippen molar-refractivity contribution >= 4 is 38.2 Å². The van der Waals surface area contributed by atoms with Crippen LogP contribution in [0.25, 0.3) is 0 Å². The largest absolute Gasteiger partial charge is 0.507 e. The molecule has 29 heavy (non-hydrogen) atoms. The molecule has 2 N–H and O–H groups in total. The van der Waals surface area contributed by atoms with Gasteiger partial charge in [0.25, 0.3) is 5.91 Å². The third-order valence-corrected chi connectivity index (χ3v) is 5.51. The fraction of sp³-hybridized carbons (Fsp3) is 0. The monoisotopic (exact) mass is 474 g/mol. The Labute approximate surface area is 175 Å². The summed E-state index contributed by atoms with van der Waals surface area (Å²) in [5.74, 6) is -0.558. The number of nitrogens with zero attached hydrogens (tertiary/aromatic N) is 1. The summed E-state index contributed by atoms with van der Waals surface area (Å²) in [4.78, 5) is 12.0. The molecule has 9 heteroatoms. The minimum Gasteiger partial charge on any atom is -0.507 e. The van der Waals surface area contributed by atoms with E-state index in [9.17, 15) is 18.3 Å². The number of carbonyl (C=O) groups excluding carboxylic acids is 1. The van der Waals surface area contributed by atoms with Crippen molar-refractivity contribution in [3.63, 3.8) is 0 Å². The zero-order valence-corrected chi connectivity index (χ0v) is 17.2. The van der Waals surface area contributed by atoms with E-state index in [-0.39, 0.29) is 22.0 Å². The van der Waals surface area contributed by atoms with Gasteiger partial charge in [-0.25, -0.2) is 5.43 Å². The van der Waals surface area contributed by atoms with Crippen molar-refractivity contribution in [2.24, 2.45) is 5.10 Å². The van der Waals surface area contributed by atoms with E-state index in [1.54, 1.807) is 36.4 Å². The number of hydrogen-bond donors (Lipinski definition) is 2. The van der Waals surface area contributed by atoms with Crippen LogP contribution in [0.2, 0.25) is 0 Å². The summed E-state index contributed by atoms with van der Waals surface area (Å²) in [5, 5.41) is 13.5. The van der Waals surface area contributed by atoms with E-state index in [0.717, 1.165) is 4.47 Å². The molecule has 7 nitrogen and oxygen atoms in total. The van der Waals surface area contributed by atoms with Crippen molar-refractivity contribution in [1.29, 1.82) is 0 Å². The summed E-state index contributed by atoms with van der Waals surface area (Å²) >= 11 is 3.25. The molecular formula is C20H15BrN2O5S. The van der Waals surface area contributed by atoms with Crippen molar-refractivity contribution in [2.45, 2.75) is 4.90 Å². The molecule has 0 aromatic heterocycles. The molecule has 0 saturated carbocycles. The van der Waals surface area contributed by atoms with E-state index in [0.29, 0.717) is 5.56 Å². The SMILES string of the molecule is O=C(N/N=C\c1ccc(OS(=O)(=O)c2ccc(Br)cc2)cc1)c1ccccc1O. The first kappa shape index (κ1) is 20.6. The Balaban J connectivity index is 1.63. The molecule has 0 unspecified atom stereocenters. The van der Waals surface area contributed by atoms with Crippen molar-refractivity contribution in [1.82, 2.24) is 5.43 Å². The Bertz CT molecular complexity index is 1140. The van der Waals surface area contributed by atoms with E-state index in [1.165, 1.54) is 42.6 Å². The van der Waals surface area contributed by atoms with Gasteiger partial charge < -0.3 is 9.29 Å². The second-order valence-electron chi connectivity index (χ2n) is 5.78. The number of benzene rings is 3. The molecule has 3 aromatic carbocycles. The maximum absolute atomic E-state index is 12.3. The van der Waals surface area contributed by atoms with Crippen molar-refractivity contribution in [3.05, 3.63) is 88.4 Å². The molecule has 0 bridgehead atoms. The second kappa shape index (κ2) is 8.89. The van der Waals surface area contributed by atoms with Crippen LogP contribution in [-0.4, -0.2) is 25.6 Å². The highest BCUT2D eigenvalue weighted by Gasteiger charge is 2.16. The van der Waals surface area contributed by atoms with E-state index < -0.39 is 16.0 Å². The topological polar surface area (TPSA) is 105 Å². The second-order valence-corrected chi connectivity index (χ2v) is 8.24. The van der Waals surface area contributed by atoms with Gasteiger partial charge in [0.1, 0.15) is 16.4 Å². The average molecular weight is 475 g/mol. The Kier molecular flexibility index (Phi) is 6.30. The highest BCUT2D eigenvalue weighted by atomic mass is 79.9. The quantitative estimate of drug-likeness (QED) is 0.322. The fourth-order valence-electron chi connectivity index (χ4n) is 2.28. The first-order valence-electron chi connectivity index (χ1n) is 8.27. The van der Waals surface area contributed by atoms with Gasteiger partial charge in [0.05, 0.1) is 11.8 Å². The predicted molar refractivity (Wildman–Crippen MR) is 112 cm³/mol. The average Bonchev–Trinajstić information content (AvgIpc) is 2.69. The third kappa shape index (κ3) is 5.43. The number of rotatable bonds is 6. The summed E-state index contributed by atoms with van der Waals surface area (Å²) in [6.45, 7) is 0. The molecule has 3 aromatic rings. The van der Waals surface area contributed by atoms with E-state index in [1.807, 2.05) is 0 Å². The maximum Gasteiger partial charge on any atom is 0.339 e. The van der Waals surface area contributed by atoms with Crippen LogP contribution < -0.4 is 9.61 Å². The van der Waals surface area contributed by atoms with Crippen LogP contribution in [-0.2, 0) is 10.1 Å². The first-order chi connectivity index (χ1) is 13.8. The highest BCUT2D eigenvalue weighted by molar-refractivity contribution is 9.10. The lowest BCUT2D eigenvalue weighted by Gasteiger charge is -2.07. The number of hydrogen-bond acceptors (Lipinski definition) is 6. The third-order valence-electron chi connectivity index (χ3n) is 3.72. The number of nitrogens with one attached hydrogen (secondary N) is 1. The Morgan fingerprint density at radius 1 is 1.00 bits per heavy atom. The highest BCUT2D eigenvalue weighted by Crippen LogP contribution is 2.20. The summed E-state index contributed by atoms with van der Waals surface area (Å²) < 4.78 is 30.4. The predicted octanol–water partition coefficient (Wildman–Crippen LogP) is 3.69. The van der Waals surface area contributed by atoms with Gasteiger partial charge in [-0.1, -0.05) is 28.1 Å². The smallest absolute Gasteiger partial charge is 0.339 e. The first-order valence-corrected chi connectivity index (χ1v) is 10.5. The number of para-hydroxylation sites is 1. The van der Waals surface area contributed by atoms with Gasteiger partial charge in [0.15, 0.2) is 0 Å². The molecule has 1 amide bonds. The van der Waals surface area contributed by atoms with Crippen LogP contribution in [0.4, 0.5) is 0 Å². The molecule has 0 spiro atoms. The van der Waals surface area contributed by atoms with E-state index in [4.69, 9.17) is 4.18 Å². The maximum atomic E-state index is 12.3. The molecule has 0 aliphatic carbocycles. The fourth-order valence-corrected chi connectivity index (χ4v) is 3.47. The van der Waals surface area contributed by atoms with E-state index in [2.05, 4.69) is 26.5 Å². The van der Waals surface area contributed by atoms with Gasteiger partial charge in [0.2, 0.25) is 0 Å². The van der Waals surface area contributed by atoms with Crippen molar-refractivity contribution < 1.29 is 22.5 Å². The summed E-state index contributed by atoms with van der Waals surface area (Å²) in [6.07, 6.45) is 1.38. The van der Waals surface area contributed by atoms with Crippen LogP contribution in [0.5, 0.6) is 11.5 Å². The number of aromatic hydroxyl groups is 1. The van der Waals surface area contributed by atoms with Crippen molar-refractivity contribution in [2.75, 3.05) is 0 Å². The summed E-state index contributed by atoms with van der Waals surface area (Å²) in [5.41, 5.74) is 3.02. The zero-order chi connectivity index (χ0) is 20.9. The molecule has 148 valence electrons. The van der Waals surface area contributed by atoms with Crippen LogP contribution in [0.1, 0.15) is 15.9 Å². The van der Waals surface area contributed by atoms with Gasteiger partial charge in [-0.05, 0) is 66.2 Å². The van der Waals surface area contributed by atoms with Crippen LogP contribution in [0, 0.1) is 0 Å². The standard InChI is InChI=1S/C20H15BrN2O5S/c21-15-7-11-17(12-8-15)29(26,27)28-16-9-5-14(6-10-16)13-22-23-20(25)18-3-1-2-4-19(18)24/h1-13,24H,(H,23,25)/b22-13-. The number of hydrazone groups is 1.